The van der Waals surface area contributed by atoms with Crippen molar-refractivity contribution in [2.75, 3.05) is 40.3 Å². The molecule has 1 atom stereocenters. The number of nitrogens with one attached hydrogen (secondary N) is 2. The lowest BCUT2D eigenvalue weighted by atomic mass is 9.83. The number of quaternary nitrogens is 1. The van der Waals surface area contributed by atoms with E-state index in [0.717, 1.165) is 36.0 Å². The van der Waals surface area contributed by atoms with Crippen molar-refractivity contribution < 1.29 is 14.5 Å². The number of aromatic nitrogens is 1. The molecule has 0 saturated carbocycles. The fraction of sp³-hybridized carbons (Fsp3) is 0.500. The van der Waals surface area contributed by atoms with Gasteiger partial charge < -0.3 is 19.7 Å². The Morgan fingerprint density at radius 3 is 2.77 bits per heavy atom. The quantitative estimate of drug-likeness (QED) is 0.820. The van der Waals surface area contributed by atoms with Gasteiger partial charge in [-0.05, 0) is 25.0 Å². The van der Waals surface area contributed by atoms with Gasteiger partial charge in [-0.25, -0.2) is 0 Å². The number of carbonyl (C=O) groups is 2. The predicted molar refractivity (Wildman–Crippen MR) is 99.9 cm³/mol. The average Bonchev–Trinajstić information content (AvgIpc) is 2.99. The number of benzene rings is 1. The fourth-order valence-electron chi connectivity index (χ4n) is 4.49. The third-order valence-electron chi connectivity index (χ3n) is 5.86. The first-order valence-corrected chi connectivity index (χ1v) is 9.42. The van der Waals surface area contributed by atoms with Crippen LogP contribution in [0.1, 0.15) is 24.6 Å². The van der Waals surface area contributed by atoms with Gasteiger partial charge in [0.05, 0.1) is 32.9 Å². The summed E-state index contributed by atoms with van der Waals surface area (Å²) in [5, 5.41) is 1.16. The monoisotopic (exact) mass is 355 g/mol. The molecule has 0 unspecified atom stereocenters. The Balaban J connectivity index is 1.73. The summed E-state index contributed by atoms with van der Waals surface area (Å²) in [4.78, 5) is 34.6. The summed E-state index contributed by atoms with van der Waals surface area (Å²) < 4.78 is 0. The van der Waals surface area contributed by atoms with Gasteiger partial charge in [0, 0.05) is 30.4 Å². The standard InChI is InChI=1S/C20H26N4O2/c1-20-18-15(14-7-4-5-8-16(14)21-18)9-12-24(20)17(25)13-23(19(20)26)11-6-10-22(2)3/h4-5,7-8,21H,6,9-13H2,1-3H3/p+1/t20-/m1/s1. The zero-order chi connectivity index (χ0) is 18.5. The maximum atomic E-state index is 13.4. The predicted octanol–water partition coefficient (Wildman–Crippen LogP) is 0.145. The molecule has 138 valence electrons. The zero-order valence-corrected chi connectivity index (χ0v) is 15.8. The van der Waals surface area contributed by atoms with Crippen molar-refractivity contribution in [2.24, 2.45) is 0 Å². The second kappa shape index (κ2) is 6.13. The molecule has 2 amide bonds. The molecule has 2 aliphatic rings. The van der Waals surface area contributed by atoms with Crippen molar-refractivity contribution in [3.63, 3.8) is 0 Å². The zero-order valence-electron chi connectivity index (χ0n) is 15.8. The van der Waals surface area contributed by atoms with E-state index in [-0.39, 0.29) is 18.4 Å². The van der Waals surface area contributed by atoms with Crippen molar-refractivity contribution >= 4 is 22.7 Å². The fourth-order valence-corrected chi connectivity index (χ4v) is 4.49. The minimum Gasteiger partial charge on any atom is -0.356 e. The van der Waals surface area contributed by atoms with E-state index in [2.05, 4.69) is 25.1 Å². The van der Waals surface area contributed by atoms with Crippen LogP contribution < -0.4 is 4.90 Å². The highest BCUT2D eigenvalue weighted by molar-refractivity contribution is 6.00. The summed E-state index contributed by atoms with van der Waals surface area (Å²) in [6, 6.07) is 8.15. The van der Waals surface area contributed by atoms with E-state index < -0.39 is 5.54 Å². The van der Waals surface area contributed by atoms with Crippen LogP contribution in [0.15, 0.2) is 24.3 Å². The van der Waals surface area contributed by atoms with Crippen LogP contribution in [-0.2, 0) is 21.5 Å². The molecular weight excluding hydrogens is 328 g/mol. The number of H-pyrrole nitrogens is 1. The Morgan fingerprint density at radius 1 is 1.23 bits per heavy atom. The number of nitrogens with zero attached hydrogens (tertiary/aromatic N) is 2. The van der Waals surface area contributed by atoms with Crippen LogP contribution in [0.4, 0.5) is 0 Å². The van der Waals surface area contributed by atoms with Crippen molar-refractivity contribution in [3.05, 3.63) is 35.5 Å². The molecular formula is C20H27N4O2+. The number of rotatable bonds is 4. The number of hydrogen-bond acceptors (Lipinski definition) is 2. The number of piperazine rings is 1. The normalized spacial score (nSPS) is 22.9. The number of para-hydroxylation sites is 1. The third-order valence-corrected chi connectivity index (χ3v) is 5.86. The Labute approximate surface area is 153 Å². The van der Waals surface area contributed by atoms with Crippen molar-refractivity contribution in [1.29, 1.82) is 0 Å². The lowest BCUT2D eigenvalue weighted by molar-refractivity contribution is -0.858. The third kappa shape index (κ3) is 2.43. The van der Waals surface area contributed by atoms with Crippen molar-refractivity contribution in [2.45, 2.75) is 25.3 Å². The maximum Gasteiger partial charge on any atom is 0.254 e. The minimum absolute atomic E-state index is 0.0402. The van der Waals surface area contributed by atoms with Gasteiger partial charge in [0.2, 0.25) is 5.91 Å². The number of carbonyl (C=O) groups excluding carboxylic acids is 2. The summed E-state index contributed by atoms with van der Waals surface area (Å²) >= 11 is 0. The van der Waals surface area contributed by atoms with Crippen LogP contribution in [0.2, 0.25) is 0 Å². The summed E-state index contributed by atoms with van der Waals surface area (Å²) in [7, 11) is 4.20. The molecule has 0 aliphatic carbocycles. The van der Waals surface area contributed by atoms with Gasteiger partial charge in [0.15, 0.2) is 5.54 Å². The Bertz CT molecular complexity index is 872. The van der Waals surface area contributed by atoms with Crippen molar-refractivity contribution in [1.82, 2.24) is 14.8 Å². The first kappa shape index (κ1) is 17.1. The van der Waals surface area contributed by atoms with Gasteiger partial charge in [-0.2, -0.15) is 0 Å². The van der Waals surface area contributed by atoms with Crippen LogP contribution in [0.25, 0.3) is 10.9 Å². The molecule has 26 heavy (non-hydrogen) atoms. The first-order chi connectivity index (χ1) is 12.4. The van der Waals surface area contributed by atoms with Crippen LogP contribution in [0.3, 0.4) is 0 Å². The molecule has 1 aromatic carbocycles. The van der Waals surface area contributed by atoms with E-state index in [1.165, 1.54) is 10.5 Å². The highest BCUT2D eigenvalue weighted by atomic mass is 16.2. The molecule has 3 heterocycles. The second-order valence-electron chi connectivity index (χ2n) is 7.93. The van der Waals surface area contributed by atoms with Crippen LogP contribution >= 0.6 is 0 Å². The van der Waals surface area contributed by atoms with E-state index in [1.54, 1.807) is 9.80 Å². The summed E-state index contributed by atoms with van der Waals surface area (Å²) in [6.45, 7) is 4.33. The van der Waals surface area contributed by atoms with Gasteiger partial charge in [0.25, 0.3) is 5.91 Å². The average molecular weight is 355 g/mol. The van der Waals surface area contributed by atoms with Gasteiger partial charge >= 0.3 is 0 Å². The highest BCUT2D eigenvalue weighted by Gasteiger charge is 2.53. The van der Waals surface area contributed by atoms with Crippen LogP contribution in [0, 0.1) is 0 Å². The Kier molecular flexibility index (Phi) is 4.03. The van der Waals surface area contributed by atoms with Gasteiger partial charge in [0.1, 0.15) is 0 Å². The molecule has 2 N–H and O–H groups in total. The SMILES string of the molecule is C[NH+](C)CCCN1CC(=O)N2CCc3c([nH]c4ccccc34)[C@]2(C)C1=O. The molecule has 4 rings (SSSR count). The summed E-state index contributed by atoms with van der Waals surface area (Å²) in [6.07, 6.45) is 1.69. The summed E-state index contributed by atoms with van der Waals surface area (Å²) in [5.41, 5.74) is 2.19. The number of amides is 2. The molecule has 0 radical (unpaired) electrons. The lowest BCUT2D eigenvalue weighted by Crippen LogP contribution is -3.05. The van der Waals surface area contributed by atoms with Gasteiger partial charge in [-0.3, -0.25) is 9.59 Å². The first-order valence-electron chi connectivity index (χ1n) is 9.42. The van der Waals surface area contributed by atoms with E-state index >= 15 is 0 Å². The minimum atomic E-state index is -0.924. The van der Waals surface area contributed by atoms with E-state index in [1.807, 2.05) is 25.1 Å². The van der Waals surface area contributed by atoms with E-state index in [9.17, 15) is 9.59 Å². The molecule has 0 bridgehead atoms. The van der Waals surface area contributed by atoms with Gasteiger partial charge in [-0.15, -0.1) is 0 Å². The van der Waals surface area contributed by atoms with E-state index in [4.69, 9.17) is 0 Å². The summed E-state index contributed by atoms with van der Waals surface area (Å²) in [5.74, 6) is 0.0898. The number of fused-ring (bicyclic) bond motifs is 5. The van der Waals surface area contributed by atoms with Gasteiger partial charge in [-0.1, -0.05) is 18.2 Å². The maximum absolute atomic E-state index is 13.4. The molecule has 0 spiro atoms. The smallest absolute Gasteiger partial charge is 0.254 e. The Morgan fingerprint density at radius 2 is 2.00 bits per heavy atom. The Hall–Kier alpha value is -2.34. The molecule has 6 heteroatoms. The second-order valence-corrected chi connectivity index (χ2v) is 7.93. The number of hydrogen-bond donors (Lipinski definition) is 2. The highest BCUT2D eigenvalue weighted by Crippen LogP contribution is 2.41. The molecule has 1 aromatic heterocycles. The molecule has 2 aromatic rings. The lowest BCUT2D eigenvalue weighted by Gasteiger charge is -2.49. The van der Waals surface area contributed by atoms with E-state index in [0.29, 0.717) is 13.1 Å². The molecule has 6 nitrogen and oxygen atoms in total. The van der Waals surface area contributed by atoms with Crippen LogP contribution in [0.5, 0.6) is 0 Å². The molecule has 2 aliphatic heterocycles. The van der Waals surface area contributed by atoms with Crippen molar-refractivity contribution in [3.8, 4) is 0 Å². The number of aromatic amines is 1. The van der Waals surface area contributed by atoms with Crippen LogP contribution in [-0.4, -0.2) is 66.9 Å². The molecule has 1 fully saturated rings. The molecule has 1 saturated heterocycles. The largest absolute Gasteiger partial charge is 0.356 e. The topological polar surface area (TPSA) is 60.9 Å².